The average Bonchev–Trinajstić information content (AvgIpc) is 2.16. The molecule has 0 saturated carbocycles. The summed E-state index contributed by atoms with van der Waals surface area (Å²) in [6, 6.07) is 0. The van der Waals surface area contributed by atoms with Crippen LogP contribution in [0.15, 0.2) is 37.0 Å². The molecule has 0 heteroatoms. The minimum absolute atomic E-state index is 0.613. The van der Waals surface area contributed by atoms with Gasteiger partial charge in [0, 0.05) is 0 Å². The van der Waals surface area contributed by atoms with Gasteiger partial charge >= 0.3 is 0 Å². The zero-order valence-electron chi connectivity index (χ0n) is 9.00. The molecule has 1 unspecified atom stereocenters. The fourth-order valence-corrected chi connectivity index (χ4v) is 1.00. The molecule has 0 radical (unpaired) electrons. The molecule has 74 valence electrons. The van der Waals surface area contributed by atoms with Gasteiger partial charge < -0.3 is 0 Å². The summed E-state index contributed by atoms with van der Waals surface area (Å²) in [5.41, 5.74) is 0. The molecule has 0 aliphatic carbocycles. The van der Waals surface area contributed by atoms with Crippen molar-refractivity contribution in [2.45, 2.75) is 39.5 Å². The van der Waals surface area contributed by atoms with Crippen molar-refractivity contribution < 1.29 is 0 Å². The summed E-state index contributed by atoms with van der Waals surface area (Å²) in [6.07, 6.45) is 15.6. The normalized spacial score (nSPS) is 14.0. The summed E-state index contributed by atoms with van der Waals surface area (Å²) in [6.45, 7) is 8.11. The number of allylic oxidation sites excluding steroid dienone is 5. The summed E-state index contributed by atoms with van der Waals surface area (Å²) in [7, 11) is 0. The van der Waals surface area contributed by atoms with Crippen molar-refractivity contribution in [1.82, 2.24) is 0 Å². The van der Waals surface area contributed by atoms with Gasteiger partial charge in [0.15, 0.2) is 0 Å². The Morgan fingerprint density at radius 3 is 2.23 bits per heavy atom. The fraction of sp³-hybridized carbons (Fsp3) is 0.538. The van der Waals surface area contributed by atoms with Gasteiger partial charge in [0.25, 0.3) is 0 Å². The van der Waals surface area contributed by atoms with E-state index in [1.807, 2.05) is 6.08 Å². The van der Waals surface area contributed by atoms with Gasteiger partial charge in [-0.3, -0.25) is 0 Å². The molecule has 0 rings (SSSR count). The molecule has 13 heavy (non-hydrogen) atoms. The molecule has 0 spiro atoms. The smallest absolute Gasteiger partial charge is 0.0230 e. The Hall–Kier alpha value is -0.780. The Bertz CT molecular complexity index is 163. The number of rotatable bonds is 7. The van der Waals surface area contributed by atoms with Crippen LogP contribution >= 0.6 is 0 Å². The lowest BCUT2D eigenvalue weighted by molar-refractivity contribution is 0.744. The molecule has 0 aromatic carbocycles. The molecule has 0 heterocycles. The minimum Gasteiger partial charge on any atom is -0.103 e. The SMILES string of the molecule is C=CC(C)CC=CCCC=CCC. The molecular formula is C13H22. The van der Waals surface area contributed by atoms with E-state index in [1.165, 1.54) is 12.8 Å². The van der Waals surface area contributed by atoms with Crippen LogP contribution in [0.25, 0.3) is 0 Å². The molecular weight excluding hydrogens is 156 g/mol. The second-order valence-corrected chi connectivity index (χ2v) is 3.38. The van der Waals surface area contributed by atoms with Crippen molar-refractivity contribution in [3.05, 3.63) is 37.0 Å². The van der Waals surface area contributed by atoms with Gasteiger partial charge in [-0.15, -0.1) is 6.58 Å². The van der Waals surface area contributed by atoms with E-state index < -0.39 is 0 Å². The molecule has 1 atom stereocenters. The van der Waals surface area contributed by atoms with E-state index in [1.54, 1.807) is 0 Å². The topological polar surface area (TPSA) is 0 Å². The van der Waals surface area contributed by atoms with Crippen molar-refractivity contribution in [2.75, 3.05) is 0 Å². The molecule has 0 bridgehead atoms. The van der Waals surface area contributed by atoms with E-state index in [9.17, 15) is 0 Å². The maximum atomic E-state index is 3.75. The van der Waals surface area contributed by atoms with E-state index in [0.29, 0.717) is 5.92 Å². The first kappa shape index (κ1) is 12.2. The summed E-state index contributed by atoms with van der Waals surface area (Å²) < 4.78 is 0. The highest BCUT2D eigenvalue weighted by Gasteiger charge is 1.88. The Morgan fingerprint density at radius 2 is 1.69 bits per heavy atom. The van der Waals surface area contributed by atoms with Gasteiger partial charge in [0.05, 0.1) is 0 Å². The first-order valence-electron chi connectivity index (χ1n) is 5.23. The highest BCUT2D eigenvalue weighted by molar-refractivity contribution is 4.90. The van der Waals surface area contributed by atoms with Crippen LogP contribution in [-0.2, 0) is 0 Å². The largest absolute Gasteiger partial charge is 0.103 e. The zero-order chi connectivity index (χ0) is 9.94. The minimum atomic E-state index is 0.613. The second kappa shape index (κ2) is 9.31. The third-order valence-corrected chi connectivity index (χ3v) is 1.98. The lowest BCUT2D eigenvalue weighted by Crippen LogP contribution is -1.83. The van der Waals surface area contributed by atoms with Crippen LogP contribution in [0.4, 0.5) is 0 Å². The molecule has 0 fully saturated rings. The van der Waals surface area contributed by atoms with Gasteiger partial charge in [-0.25, -0.2) is 0 Å². The van der Waals surface area contributed by atoms with Crippen LogP contribution in [0.2, 0.25) is 0 Å². The molecule has 0 amide bonds. The number of unbranched alkanes of at least 4 members (excludes halogenated alkanes) is 1. The molecule has 0 aromatic rings. The predicted octanol–water partition coefficient (Wildman–Crippen LogP) is 4.50. The van der Waals surface area contributed by atoms with Crippen molar-refractivity contribution in [1.29, 1.82) is 0 Å². The highest BCUT2D eigenvalue weighted by Crippen LogP contribution is 2.04. The van der Waals surface area contributed by atoms with Crippen molar-refractivity contribution >= 4 is 0 Å². The molecule has 0 N–H and O–H groups in total. The monoisotopic (exact) mass is 178 g/mol. The molecule has 0 aliphatic heterocycles. The van der Waals surface area contributed by atoms with E-state index >= 15 is 0 Å². The lowest BCUT2D eigenvalue weighted by Gasteiger charge is -1.97. The summed E-state index contributed by atoms with van der Waals surface area (Å²) in [5, 5.41) is 0. The van der Waals surface area contributed by atoms with Crippen LogP contribution in [0, 0.1) is 5.92 Å². The van der Waals surface area contributed by atoms with Gasteiger partial charge in [-0.2, -0.15) is 0 Å². The third kappa shape index (κ3) is 9.13. The summed E-state index contributed by atoms with van der Waals surface area (Å²) >= 11 is 0. The first-order chi connectivity index (χ1) is 6.31. The quantitative estimate of drug-likeness (QED) is 0.397. The van der Waals surface area contributed by atoms with E-state index in [4.69, 9.17) is 0 Å². The number of hydrogen-bond acceptors (Lipinski definition) is 0. The zero-order valence-corrected chi connectivity index (χ0v) is 9.00. The average molecular weight is 178 g/mol. The first-order valence-corrected chi connectivity index (χ1v) is 5.23. The summed E-state index contributed by atoms with van der Waals surface area (Å²) in [4.78, 5) is 0. The molecule has 0 aromatic heterocycles. The molecule has 0 nitrogen and oxygen atoms in total. The second-order valence-electron chi connectivity index (χ2n) is 3.38. The number of hydrogen-bond donors (Lipinski definition) is 0. The molecule has 0 saturated heterocycles. The predicted molar refractivity (Wildman–Crippen MR) is 61.8 cm³/mol. The Morgan fingerprint density at radius 1 is 1.08 bits per heavy atom. The lowest BCUT2D eigenvalue weighted by atomic mass is 10.1. The highest BCUT2D eigenvalue weighted by atomic mass is 13.9. The Kier molecular flexibility index (Phi) is 8.75. The van der Waals surface area contributed by atoms with Gasteiger partial charge in [-0.1, -0.05) is 44.2 Å². The van der Waals surface area contributed by atoms with Crippen molar-refractivity contribution in [3.8, 4) is 0 Å². The van der Waals surface area contributed by atoms with Crippen molar-refractivity contribution in [2.24, 2.45) is 5.92 Å². The van der Waals surface area contributed by atoms with Crippen LogP contribution in [-0.4, -0.2) is 0 Å². The van der Waals surface area contributed by atoms with Crippen molar-refractivity contribution in [3.63, 3.8) is 0 Å². The Labute approximate surface area is 83.0 Å². The van der Waals surface area contributed by atoms with E-state index in [2.05, 4.69) is 44.7 Å². The fourth-order valence-electron chi connectivity index (χ4n) is 1.00. The van der Waals surface area contributed by atoms with E-state index in [-0.39, 0.29) is 0 Å². The van der Waals surface area contributed by atoms with Crippen LogP contribution in [0.3, 0.4) is 0 Å². The van der Waals surface area contributed by atoms with Crippen LogP contribution in [0.1, 0.15) is 39.5 Å². The maximum Gasteiger partial charge on any atom is -0.0230 e. The Balaban J connectivity index is 3.31. The molecule has 0 aliphatic rings. The maximum absolute atomic E-state index is 3.75. The van der Waals surface area contributed by atoms with Gasteiger partial charge in [0.1, 0.15) is 0 Å². The van der Waals surface area contributed by atoms with Crippen LogP contribution < -0.4 is 0 Å². The summed E-state index contributed by atoms with van der Waals surface area (Å²) in [5.74, 6) is 0.613. The van der Waals surface area contributed by atoms with Crippen LogP contribution in [0.5, 0.6) is 0 Å². The van der Waals surface area contributed by atoms with Gasteiger partial charge in [-0.05, 0) is 31.6 Å². The van der Waals surface area contributed by atoms with Gasteiger partial charge in [0.2, 0.25) is 0 Å². The van der Waals surface area contributed by atoms with E-state index in [0.717, 1.165) is 12.8 Å². The standard InChI is InChI=1S/C13H22/c1-4-6-7-8-9-10-11-12-13(3)5-2/h5-7,10-11,13H,2,4,8-9,12H2,1,3H3. The third-order valence-electron chi connectivity index (χ3n) is 1.98.